The highest BCUT2D eigenvalue weighted by Crippen LogP contribution is 2.21. The van der Waals surface area contributed by atoms with Crippen molar-refractivity contribution in [1.82, 2.24) is 10.2 Å². The molecular weight excluding hydrogens is 206 g/mol. The highest BCUT2D eigenvalue weighted by molar-refractivity contribution is 5.83. The molecule has 88 valence electrons. The second kappa shape index (κ2) is 4.83. The van der Waals surface area contributed by atoms with Gasteiger partial charge in [0.15, 0.2) is 5.82 Å². The Hall–Kier alpha value is -1.78. The van der Waals surface area contributed by atoms with E-state index < -0.39 is 6.09 Å². The molecule has 0 radical (unpaired) electrons. The minimum Gasteiger partial charge on any atom is -0.445 e. The van der Waals surface area contributed by atoms with Crippen LogP contribution in [0, 0.1) is 0 Å². The molecule has 0 spiro atoms. The number of rotatable bonds is 3. The van der Waals surface area contributed by atoms with Gasteiger partial charge in [-0.3, -0.25) is 10.4 Å². The second-order valence-electron chi connectivity index (χ2n) is 4.43. The third-order valence-electron chi connectivity index (χ3n) is 1.95. The zero-order valence-corrected chi connectivity index (χ0v) is 9.83. The zero-order chi connectivity index (χ0) is 12.2. The fraction of sp³-hybridized carbons (Fsp3) is 0.455. The molecule has 0 unspecified atom stereocenters. The van der Waals surface area contributed by atoms with Gasteiger partial charge in [0.25, 0.3) is 0 Å². The number of carbonyl (C=O) groups is 1. The monoisotopic (exact) mass is 223 g/mol. The average Bonchev–Trinajstić information content (AvgIpc) is 2.62. The van der Waals surface area contributed by atoms with Gasteiger partial charge in [0.1, 0.15) is 6.61 Å². The van der Waals surface area contributed by atoms with Gasteiger partial charge in [-0.1, -0.05) is 33.4 Å². The second-order valence-corrected chi connectivity index (χ2v) is 4.43. The Kier molecular flexibility index (Phi) is 3.71. The van der Waals surface area contributed by atoms with Crippen LogP contribution in [0.4, 0.5) is 10.6 Å². The summed E-state index contributed by atoms with van der Waals surface area (Å²) in [6.07, 6.45) is 0.969. The summed E-state index contributed by atoms with van der Waals surface area (Å²) in [5.74, 6) is 0.457. The van der Waals surface area contributed by atoms with Gasteiger partial charge in [0, 0.05) is 17.2 Å². The van der Waals surface area contributed by atoms with Crippen molar-refractivity contribution in [1.29, 1.82) is 0 Å². The number of H-pyrrole nitrogens is 1. The Morgan fingerprint density at radius 1 is 1.69 bits per heavy atom. The largest absolute Gasteiger partial charge is 0.445 e. The van der Waals surface area contributed by atoms with E-state index in [2.05, 4.69) is 42.9 Å². The Morgan fingerprint density at radius 3 is 2.88 bits per heavy atom. The van der Waals surface area contributed by atoms with Crippen LogP contribution in [0.5, 0.6) is 0 Å². The van der Waals surface area contributed by atoms with Gasteiger partial charge in [-0.2, -0.15) is 5.10 Å². The highest BCUT2D eigenvalue weighted by Gasteiger charge is 2.17. The maximum absolute atomic E-state index is 11.2. The van der Waals surface area contributed by atoms with Crippen molar-refractivity contribution < 1.29 is 9.53 Å². The standard InChI is InChI=1S/C11H17N3O2/c1-5-6-16-10(15)12-9-7-8(13-14-9)11(2,3)4/h5,7H,1,6H2,2-4H3,(H2,12,13,14,15). The Labute approximate surface area is 94.9 Å². The third kappa shape index (κ3) is 3.42. The molecule has 0 saturated heterocycles. The average molecular weight is 223 g/mol. The topological polar surface area (TPSA) is 67.0 Å². The number of aromatic amines is 1. The van der Waals surface area contributed by atoms with E-state index in [1.54, 1.807) is 6.07 Å². The molecule has 1 rings (SSSR count). The van der Waals surface area contributed by atoms with Crippen LogP contribution in [0.3, 0.4) is 0 Å². The number of hydrogen-bond acceptors (Lipinski definition) is 3. The van der Waals surface area contributed by atoms with E-state index in [9.17, 15) is 4.79 Å². The summed E-state index contributed by atoms with van der Waals surface area (Å²) in [6.45, 7) is 9.80. The van der Waals surface area contributed by atoms with Crippen LogP contribution in [0.25, 0.3) is 0 Å². The molecule has 0 saturated carbocycles. The number of aromatic nitrogens is 2. The lowest BCUT2D eigenvalue weighted by molar-refractivity contribution is 0.174. The van der Waals surface area contributed by atoms with Gasteiger partial charge >= 0.3 is 6.09 Å². The molecule has 0 aliphatic rings. The van der Waals surface area contributed by atoms with E-state index >= 15 is 0 Å². The first-order chi connectivity index (χ1) is 7.43. The van der Waals surface area contributed by atoms with Crippen molar-refractivity contribution in [3.05, 3.63) is 24.4 Å². The first kappa shape index (κ1) is 12.3. The molecule has 5 heteroatoms. The predicted octanol–water partition coefficient (Wildman–Crippen LogP) is 2.44. The Balaban J connectivity index is 2.59. The van der Waals surface area contributed by atoms with Crippen LogP contribution < -0.4 is 5.32 Å². The van der Waals surface area contributed by atoms with Crippen molar-refractivity contribution in [3.8, 4) is 0 Å². The van der Waals surface area contributed by atoms with Crippen molar-refractivity contribution in [2.75, 3.05) is 11.9 Å². The maximum Gasteiger partial charge on any atom is 0.413 e. The predicted molar refractivity (Wildman–Crippen MR) is 62.5 cm³/mol. The molecule has 1 aromatic heterocycles. The molecule has 0 aliphatic heterocycles. The van der Waals surface area contributed by atoms with Crippen molar-refractivity contribution in [2.24, 2.45) is 0 Å². The first-order valence-corrected chi connectivity index (χ1v) is 5.04. The number of ether oxygens (including phenoxy) is 1. The summed E-state index contributed by atoms with van der Waals surface area (Å²) in [7, 11) is 0. The van der Waals surface area contributed by atoms with Gasteiger partial charge in [-0.25, -0.2) is 4.79 Å². The third-order valence-corrected chi connectivity index (χ3v) is 1.95. The smallest absolute Gasteiger partial charge is 0.413 e. The van der Waals surface area contributed by atoms with Crippen LogP contribution >= 0.6 is 0 Å². The molecule has 1 aromatic rings. The highest BCUT2D eigenvalue weighted by atomic mass is 16.5. The molecule has 0 bridgehead atoms. The number of carbonyl (C=O) groups excluding carboxylic acids is 1. The van der Waals surface area contributed by atoms with E-state index in [-0.39, 0.29) is 12.0 Å². The molecule has 1 heterocycles. The molecule has 0 fully saturated rings. The molecule has 0 aliphatic carbocycles. The van der Waals surface area contributed by atoms with E-state index in [1.807, 2.05) is 0 Å². The number of anilines is 1. The summed E-state index contributed by atoms with van der Waals surface area (Å²) >= 11 is 0. The Bertz CT molecular complexity index is 377. The van der Waals surface area contributed by atoms with Gasteiger partial charge in [0.05, 0.1) is 0 Å². The van der Waals surface area contributed by atoms with Crippen molar-refractivity contribution in [2.45, 2.75) is 26.2 Å². The fourth-order valence-corrected chi connectivity index (χ4v) is 1.05. The van der Waals surface area contributed by atoms with E-state index in [4.69, 9.17) is 4.74 Å². The molecule has 2 N–H and O–H groups in total. The lowest BCUT2D eigenvalue weighted by atomic mass is 9.92. The summed E-state index contributed by atoms with van der Waals surface area (Å²) in [5, 5.41) is 9.35. The normalized spacial score (nSPS) is 10.9. The van der Waals surface area contributed by atoms with E-state index in [0.717, 1.165) is 5.69 Å². The van der Waals surface area contributed by atoms with Crippen LogP contribution in [-0.2, 0) is 10.2 Å². The van der Waals surface area contributed by atoms with Gasteiger partial charge in [0.2, 0.25) is 0 Å². The quantitative estimate of drug-likeness (QED) is 0.773. The molecule has 5 nitrogen and oxygen atoms in total. The maximum atomic E-state index is 11.2. The molecule has 0 atom stereocenters. The number of hydrogen-bond donors (Lipinski definition) is 2. The summed E-state index contributed by atoms with van der Waals surface area (Å²) < 4.78 is 4.77. The minimum atomic E-state index is -0.535. The van der Waals surface area contributed by atoms with Crippen LogP contribution in [0.2, 0.25) is 0 Å². The number of amides is 1. The fourth-order valence-electron chi connectivity index (χ4n) is 1.05. The SMILES string of the molecule is C=CCOC(=O)Nc1cc(C(C)(C)C)[nH]n1. The van der Waals surface area contributed by atoms with Crippen LogP contribution in [-0.4, -0.2) is 22.9 Å². The number of nitrogens with one attached hydrogen (secondary N) is 2. The van der Waals surface area contributed by atoms with E-state index in [0.29, 0.717) is 5.82 Å². The lowest BCUT2D eigenvalue weighted by Gasteiger charge is -2.14. The Morgan fingerprint density at radius 2 is 2.38 bits per heavy atom. The molecule has 0 aromatic carbocycles. The molecule has 1 amide bonds. The zero-order valence-electron chi connectivity index (χ0n) is 9.83. The van der Waals surface area contributed by atoms with Gasteiger partial charge < -0.3 is 4.74 Å². The first-order valence-electron chi connectivity index (χ1n) is 5.04. The van der Waals surface area contributed by atoms with Crippen LogP contribution in [0.15, 0.2) is 18.7 Å². The lowest BCUT2D eigenvalue weighted by Crippen LogP contribution is -2.14. The summed E-state index contributed by atoms with van der Waals surface area (Å²) in [6, 6.07) is 1.79. The molecular formula is C11H17N3O2. The molecule has 16 heavy (non-hydrogen) atoms. The summed E-state index contributed by atoms with van der Waals surface area (Å²) in [4.78, 5) is 11.2. The summed E-state index contributed by atoms with van der Waals surface area (Å²) in [5.41, 5.74) is 0.921. The van der Waals surface area contributed by atoms with Crippen molar-refractivity contribution in [3.63, 3.8) is 0 Å². The van der Waals surface area contributed by atoms with Crippen molar-refractivity contribution >= 4 is 11.9 Å². The van der Waals surface area contributed by atoms with Gasteiger partial charge in [-0.05, 0) is 0 Å². The number of nitrogens with zero attached hydrogens (tertiary/aromatic N) is 1. The van der Waals surface area contributed by atoms with Gasteiger partial charge in [-0.15, -0.1) is 0 Å². The van der Waals surface area contributed by atoms with Crippen LogP contribution in [0.1, 0.15) is 26.5 Å². The minimum absolute atomic E-state index is 0.0298. The van der Waals surface area contributed by atoms with E-state index in [1.165, 1.54) is 6.08 Å².